The second-order valence-corrected chi connectivity index (χ2v) is 7.37. The Kier molecular flexibility index (Phi) is 3.89. The van der Waals surface area contributed by atoms with E-state index in [-0.39, 0.29) is 5.37 Å². The molecule has 0 radical (unpaired) electrons. The smallest absolute Gasteiger partial charge is 0.232 e. The molecule has 2 heterocycles. The SMILES string of the molecule is Cc1ccc2c(c1)SC(c1ccc(OOc3cccs3)cc1)N2. The summed E-state index contributed by atoms with van der Waals surface area (Å²) in [4.78, 5) is 11.9. The van der Waals surface area contributed by atoms with Gasteiger partial charge in [-0.05, 0) is 59.8 Å². The standard InChI is InChI=1S/C18H15NO2S2/c1-12-4-9-15-16(11-12)23-18(19-15)13-5-7-14(8-6-13)20-21-17-3-2-10-22-17/h2-11,18-19H,1H3. The number of hydrogen-bond acceptors (Lipinski definition) is 5. The van der Waals surface area contributed by atoms with Gasteiger partial charge in [0, 0.05) is 10.6 Å². The van der Waals surface area contributed by atoms with E-state index in [1.807, 2.05) is 41.4 Å². The van der Waals surface area contributed by atoms with Crippen molar-refractivity contribution in [3.63, 3.8) is 0 Å². The maximum atomic E-state index is 5.33. The summed E-state index contributed by atoms with van der Waals surface area (Å²) in [5.41, 5.74) is 3.70. The molecular formula is C18H15NO2S2. The molecule has 5 heteroatoms. The molecule has 116 valence electrons. The number of anilines is 1. The molecule has 1 unspecified atom stereocenters. The van der Waals surface area contributed by atoms with E-state index >= 15 is 0 Å². The second kappa shape index (κ2) is 6.18. The fourth-order valence-electron chi connectivity index (χ4n) is 2.39. The molecule has 3 nitrogen and oxygen atoms in total. The number of fused-ring (bicyclic) bond motifs is 1. The van der Waals surface area contributed by atoms with Gasteiger partial charge in [-0.15, -0.1) is 11.3 Å². The molecule has 3 aromatic rings. The third-order valence-electron chi connectivity index (χ3n) is 3.57. The molecule has 0 bridgehead atoms. The maximum Gasteiger partial charge on any atom is 0.232 e. The van der Waals surface area contributed by atoms with Crippen LogP contribution in [0.4, 0.5) is 5.69 Å². The molecule has 1 aromatic heterocycles. The van der Waals surface area contributed by atoms with E-state index in [9.17, 15) is 0 Å². The van der Waals surface area contributed by atoms with E-state index in [0.29, 0.717) is 5.75 Å². The van der Waals surface area contributed by atoms with Crippen LogP contribution in [-0.4, -0.2) is 0 Å². The molecule has 0 saturated carbocycles. The van der Waals surface area contributed by atoms with Crippen LogP contribution in [0, 0.1) is 6.92 Å². The van der Waals surface area contributed by atoms with Gasteiger partial charge in [-0.2, -0.15) is 0 Å². The largest absolute Gasteiger partial charge is 0.368 e. The van der Waals surface area contributed by atoms with Crippen LogP contribution in [-0.2, 0) is 0 Å². The number of thiophene rings is 1. The molecule has 1 aliphatic heterocycles. The van der Waals surface area contributed by atoms with E-state index in [4.69, 9.17) is 9.78 Å². The van der Waals surface area contributed by atoms with Crippen LogP contribution >= 0.6 is 23.1 Å². The fraction of sp³-hybridized carbons (Fsp3) is 0.111. The molecule has 4 rings (SSSR count). The Labute approximate surface area is 143 Å². The third-order valence-corrected chi connectivity index (χ3v) is 5.51. The summed E-state index contributed by atoms with van der Waals surface area (Å²) < 4.78 is 0. The first-order valence-corrected chi connectivity index (χ1v) is 9.06. The van der Waals surface area contributed by atoms with Crippen LogP contribution in [0.1, 0.15) is 16.5 Å². The molecule has 0 spiro atoms. The van der Waals surface area contributed by atoms with E-state index < -0.39 is 0 Å². The first kappa shape index (κ1) is 14.5. The Hall–Kier alpha value is -2.11. The van der Waals surface area contributed by atoms with Crippen molar-refractivity contribution in [3.8, 4) is 10.8 Å². The number of nitrogens with one attached hydrogen (secondary N) is 1. The monoisotopic (exact) mass is 341 g/mol. The molecule has 0 saturated heterocycles. The second-order valence-electron chi connectivity index (χ2n) is 5.31. The van der Waals surface area contributed by atoms with E-state index in [1.165, 1.54) is 33.0 Å². The lowest BCUT2D eigenvalue weighted by Crippen LogP contribution is -2.02. The molecule has 23 heavy (non-hydrogen) atoms. The molecule has 0 fully saturated rings. The van der Waals surface area contributed by atoms with Crippen LogP contribution in [0.2, 0.25) is 0 Å². The highest BCUT2D eigenvalue weighted by molar-refractivity contribution is 8.00. The highest BCUT2D eigenvalue weighted by atomic mass is 32.2. The quantitative estimate of drug-likeness (QED) is 0.491. The number of benzene rings is 2. The van der Waals surface area contributed by atoms with Gasteiger partial charge in [-0.25, -0.2) is 0 Å². The van der Waals surface area contributed by atoms with Crippen molar-refractivity contribution in [2.45, 2.75) is 17.2 Å². The van der Waals surface area contributed by atoms with Gasteiger partial charge in [-0.3, -0.25) is 9.78 Å². The van der Waals surface area contributed by atoms with Gasteiger partial charge in [0.25, 0.3) is 0 Å². The van der Waals surface area contributed by atoms with Crippen LogP contribution in [0.3, 0.4) is 0 Å². The number of hydrogen-bond donors (Lipinski definition) is 1. The molecule has 1 N–H and O–H groups in total. The lowest BCUT2D eigenvalue weighted by Gasteiger charge is -2.11. The zero-order valence-electron chi connectivity index (χ0n) is 12.5. The topological polar surface area (TPSA) is 30.5 Å². The van der Waals surface area contributed by atoms with Gasteiger partial charge in [-0.1, -0.05) is 30.0 Å². The Bertz CT molecular complexity index is 800. The van der Waals surface area contributed by atoms with Gasteiger partial charge in [0.1, 0.15) is 5.37 Å². The Morgan fingerprint density at radius 2 is 1.87 bits per heavy atom. The normalized spacial score (nSPS) is 15.8. The van der Waals surface area contributed by atoms with Crippen molar-refractivity contribution in [1.29, 1.82) is 0 Å². The van der Waals surface area contributed by atoms with Gasteiger partial charge in [0.2, 0.25) is 5.06 Å². The van der Waals surface area contributed by atoms with E-state index in [1.54, 1.807) is 0 Å². The minimum atomic E-state index is 0.235. The molecule has 0 amide bonds. The maximum absolute atomic E-state index is 5.33. The van der Waals surface area contributed by atoms with Gasteiger partial charge in [0.05, 0.1) is 0 Å². The van der Waals surface area contributed by atoms with Gasteiger partial charge >= 0.3 is 0 Å². The summed E-state index contributed by atoms with van der Waals surface area (Å²) in [6.07, 6.45) is 0. The van der Waals surface area contributed by atoms with Crippen LogP contribution in [0.15, 0.2) is 64.9 Å². The zero-order chi connectivity index (χ0) is 15.6. The fourth-order valence-corrected chi connectivity index (χ4v) is 4.16. The Balaban J connectivity index is 1.43. The predicted molar refractivity (Wildman–Crippen MR) is 95.4 cm³/mol. The summed E-state index contributed by atoms with van der Waals surface area (Å²) in [7, 11) is 0. The van der Waals surface area contributed by atoms with Gasteiger partial charge in [0.15, 0.2) is 5.75 Å². The lowest BCUT2D eigenvalue weighted by atomic mass is 10.2. The van der Waals surface area contributed by atoms with E-state index in [0.717, 1.165) is 5.06 Å². The summed E-state index contributed by atoms with van der Waals surface area (Å²) in [6, 6.07) is 18.3. The van der Waals surface area contributed by atoms with Crippen molar-refractivity contribution in [2.24, 2.45) is 0 Å². The molecule has 1 atom stereocenters. The van der Waals surface area contributed by atoms with Crippen LogP contribution in [0.25, 0.3) is 0 Å². The Morgan fingerprint density at radius 1 is 1.00 bits per heavy atom. The lowest BCUT2D eigenvalue weighted by molar-refractivity contribution is -0.0961. The predicted octanol–water partition coefficient (Wildman–Crippen LogP) is 5.65. The molecule has 0 aliphatic carbocycles. The summed E-state index contributed by atoms with van der Waals surface area (Å²) in [6.45, 7) is 2.12. The van der Waals surface area contributed by atoms with Crippen LogP contribution < -0.4 is 15.1 Å². The van der Waals surface area contributed by atoms with Crippen molar-refractivity contribution >= 4 is 28.8 Å². The molecule has 1 aliphatic rings. The van der Waals surface area contributed by atoms with Crippen molar-refractivity contribution < 1.29 is 9.78 Å². The van der Waals surface area contributed by atoms with Crippen LogP contribution in [0.5, 0.6) is 10.8 Å². The van der Waals surface area contributed by atoms with Crippen molar-refractivity contribution in [2.75, 3.05) is 5.32 Å². The number of rotatable bonds is 4. The average molecular weight is 341 g/mol. The highest BCUT2D eigenvalue weighted by Crippen LogP contribution is 2.46. The minimum Gasteiger partial charge on any atom is -0.368 e. The first-order chi connectivity index (χ1) is 11.3. The third kappa shape index (κ3) is 3.16. The minimum absolute atomic E-state index is 0.235. The first-order valence-electron chi connectivity index (χ1n) is 7.30. The summed E-state index contributed by atoms with van der Waals surface area (Å²) in [5.74, 6) is 0.693. The number of thioether (sulfide) groups is 1. The zero-order valence-corrected chi connectivity index (χ0v) is 14.1. The van der Waals surface area contributed by atoms with Gasteiger partial charge < -0.3 is 5.32 Å². The Morgan fingerprint density at radius 3 is 2.65 bits per heavy atom. The molecule has 2 aromatic carbocycles. The number of aryl methyl sites for hydroxylation is 1. The highest BCUT2D eigenvalue weighted by Gasteiger charge is 2.22. The average Bonchev–Trinajstić information content (AvgIpc) is 3.22. The van der Waals surface area contributed by atoms with Crippen molar-refractivity contribution in [3.05, 3.63) is 71.1 Å². The van der Waals surface area contributed by atoms with E-state index in [2.05, 4.69) is 42.6 Å². The summed E-state index contributed by atoms with van der Waals surface area (Å²) >= 11 is 3.34. The molecular weight excluding hydrogens is 326 g/mol. The van der Waals surface area contributed by atoms with Crippen molar-refractivity contribution in [1.82, 2.24) is 0 Å². The summed E-state index contributed by atoms with van der Waals surface area (Å²) in [5, 5.41) is 6.47.